The SMILES string of the molecule is Cc1c(Br)cc2c(c1I)CC(=O)CC2. The number of carbonyl (C=O) groups is 1. The van der Waals surface area contributed by atoms with Gasteiger partial charge in [-0.15, -0.1) is 0 Å². The van der Waals surface area contributed by atoms with Gasteiger partial charge < -0.3 is 0 Å². The summed E-state index contributed by atoms with van der Waals surface area (Å²) in [5.41, 5.74) is 3.84. The first-order chi connectivity index (χ1) is 6.59. The summed E-state index contributed by atoms with van der Waals surface area (Å²) in [6.45, 7) is 2.09. The Hall–Kier alpha value is 0.1000. The molecule has 1 aliphatic carbocycles. The molecular formula is C11H10BrIO. The summed E-state index contributed by atoms with van der Waals surface area (Å²) in [5, 5.41) is 0. The maximum atomic E-state index is 11.4. The second-order valence-electron chi connectivity index (χ2n) is 3.65. The lowest BCUT2D eigenvalue weighted by Crippen LogP contribution is -2.15. The quantitative estimate of drug-likeness (QED) is 0.644. The predicted octanol–water partition coefficient (Wildman–Crippen LogP) is 3.42. The Kier molecular flexibility index (Phi) is 2.98. The highest BCUT2D eigenvalue weighted by atomic mass is 127. The van der Waals surface area contributed by atoms with Crippen LogP contribution in [0.15, 0.2) is 10.5 Å². The summed E-state index contributed by atoms with van der Waals surface area (Å²) in [7, 11) is 0. The van der Waals surface area contributed by atoms with Crippen molar-refractivity contribution in [3.63, 3.8) is 0 Å². The smallest absolute Gasteiger partial charge is 0.137 e. The number of hydrogen-bond donors (Lipinski definition) is 0. The van der Waals surface area contributed by atoms with Gasteiger partial charge in [0.25, 0.3) is 0 Å². The van der Waals surface area contributed by atoms with Crippen LogP contribution >= 0.6 is 38.5 Å². The van der Waals surface area contributed by atoms with Crippen LogP contribution < -0.4 is 0 Å². The highest BCUT2D eigenvalue weighted by Crippen LogP contribution is 2.31. The van der Waals surface area contributed by atoms with Gasteiger partial charge in [-0.25, -0.2) is 0 Å². The second-order valence-corrected chi connectivity index (χ2v) is 5.58. The van der Waals surface area contributed by atoms with Gasteiger partial charge in [0.05, 0.1) is 0 Å². The molecule has 2 rings (SSSR count). The zero-order valence-electron chi connectivity index (χ0n) is 7.86. The minimum absolute atomic E-state index is 0.372. The number of hydrogen-bond acceptors (Lipinski definition) is 1. The molecule has 0 unspecified atom stereocenters. The third-order valence-electron chi connectivity index (χ3n) is 2.69. The molecule has 3 heteroatoms. The third-order valence-corrected chi connectivity index (χ3v) is 4.97. The fourth-order valence-corrected chi connectivity index (χ4v) is 3.47. The molecule has 1 aromatic carbocycles. The van der Waals surface area contributed by atoms with Gasteiger partial charge in [-0.1, -0.05) is 15.9 Å². The van der Waals surface area contributed by atoms with Crippen LogP contribution in [0.3, 0.4) is 0 Å². The van der Waals surface area contributed by atoms with E-state index in [1.165, 1.54) is 20.3 Å². The molecule has 0 aliphatic heterocycles. The normalized spacial score (nSPS) is 15.5. The predicted molar refractivity (Wildman–Crippen MR) is 68.6 cm³/mol. The van der Waals surface area contributed by atoms with Crippen LogP contribution in [0.4, 0.5) is 0 Å². The zero-order valence-corrected chi connectivity index (χ0v) is 11.6. The number of Topliss-reactive ketones (excluding diaryl/α,β-unsaturated/α-hetero) is 1. The first-order valence-corrected chi connectivity index (χ1v) is 6.45. The first kappa shape index (κ1) is 10.6. The van der Waals surface area contributed by atoms with E-state index in [9.17, 15) is 4.79 Å². The lowest BCUT2D eigenvalue weighted by molar-refractivity contribution is -0.118. The number of carbonyl (C=O) groups excluding carboxylic acids is 1. The van der Waals surface area contributed by atoms with Crippen molar-refractivity contribution in [2.24, 2.45) is 0 Å². The van der Waals surface area contributed by atoms with Crippen LogP contribution in [-0.4, -0.2) is 5.78 Å². The number of benzene rings is 1. The summed E-state index contributed by atoms with van der Waals surface area (Å²) < 4.78 is 2.41. The Balaban J connectivity index is 2.60. The van der Waals surface area contributed by atoms with Crippen molar-refractivity contribution < 1.29 is 4.79 Å². The maximum absolute atomic E-state index is 11.4. The van der Waals surface area contributed by atoms with Crippen LogP contribution in [0, 0.1) is 10.5 Å². The van der Waals surface area contributed by atoms with Crippen molar-refractivity contribution in [1.29, 1.82) is 0 Å². The number of halogens is 2. The lowest BCUT2D eigenvalue weighted by atomic mass is 9.90. The minimum Gasteiger partial charge on any atom is -0.299 e. The summed E-state index contributed by atoms with van der Waals surface area (Å²) in [6.07, 6.45) is 2.24. The number of aryl methyl sites for hydroxylation is 1. The van der Waals surface area contributed by atoms with Crippen LogP contribution in [0.25, 0.3) is 0 Å². The van der Waals surface area contributed by atoms with Crippen molar-refractivity contribution >= 4 is 44.3 Å². The van der Waals surface area contributed by atoms with E-state index >= 15 is 0 Å². The van der Waals surface area contributed by atoms with E-state index in [2.05, 4.69) is 51.5 Å². The van der Waals surface area contributed by atoms with E-state index < -0.39 is 0 Å². The molecule has 14 heavy (non-hydrogen) atoms. The van der Waals surface area contributed by atoms with E-state index in [1.54, 1.807) is 0 Å². The Labute approximate surface area is 106 Å². The molecule has 0 heterocycles. The van der Waals surface area contributed by atoms with Gasteiger partial charge in [-0.2, -0.15) is 0 Å². The summed E-state index contributed by atoms with van der Waals surface area (Å²) in [5.74, 6) is 0.372. The molecule has 0 N–H and O–H groups in total. The second kappa shape index (κ2) is 3.93. The fraction of sp³-hybridized carbons (Fsp3) is 0.364. The van der Waals surface area contributed by atoms with Crippen molar-refractivity contribution in [3.8, 4) is 0 Å². The van der Waals surface area contributed by atoms with Crippen LogP contribution in [0.2, 0.25) is 0 Å². The molecule has 0 atom stereocenters. The van der Waals surface area contributed by atoms with E-state index in [1.807, 2.05) is 0 Å². The standard InChI is InChI=1S/C11H10BrIO/c1-6-10(12)4-7-2-3-8(14)5-9(7)11(6)13/h4H,2-3,5H2,1H3. The summed E-state index contributed by atoms with van der Waals surface area (Å²) in [6, 6.07) is 2.17. The Morgan fingerprint density at radius 2 is 2.14 bits per heavy atom. The van der Waals surface area contributed by atoms with Crippen molar-refractivity contribution in [1.82, 2.24) is 0 Å². The fourth-order valence-electron chi connectivity index (χ4n) is 1.79. The van der Waals surface area contributed by atoms with E-state index in [-0.39, 0.29) is 0 Å². The molecule has 74 valence electrons. The van der Waals surface area contributed by atoms with E-state index in [4.69, 9.17) is 0 Å². The van der Waals surface area contributed by atoms with Gasteiger partial charge >= 0.3 is 0 Å². The molecule has 0 amide bonds. The molecule has 1 nitrogen and oxygen atoms in total. The highest BCUT2D eigenvalue weighted by Gasteiger charge is 2.20. The maximum Gasteiger partial charge on any atom is 0.137 e. The molecule has 0 aromatic heterocycles. The van der Waals surface area contributed by atoms with Crippen LogP contribution in [0.1, 0.15) is 23.1 Å². The van der Waals surface area contributed by atoms with Gasteiger partial charge in [0.1, 0.15) is 5.78 Å². The third kappa shape index (κ3) is 1.76. The van der Waals surface area contributed by atoms with E-state index in [0.717, 1.165) is 10.9 Å². The van der Waals surface area contributed by atoms with Crippen LogP contribution in [0.5, 0.6) is 0 Å². The van der Waals surface area contributed by atoms with Gasteiger partial charge in [0, 0.05) is 20.9 Å². The Morgan fingerprint density at radius 3 is 2.86 bits per heavy atom. The average Bonchev–Trinajstić information content (AvgIpc) is 2.16. The molecule has 0 saturated heterocycles. The Morgan fingerprint density at radius 1 is 1.43 bits per heavy atom. The molecule has 1 aliphatic rings. The summed E-state index contributed by atoms with van der Waals surface area (Å²) in [4.78, 5) is 11.4. The topological polar surface area (TPSA) is 17.1 Å². The van der Waals surface area contributed by atoms with E-state index in [0.29, 0.717) is 18.6 Å². The Bertz CT molecular complexity index is 412. The molecule has 1 aromatic rings. The lowest BCUT2D eigenvalue weighted by Gasteiger charge is -2.18. The molecule has 0 saturated carbocycles. The average molecular weight is 365 g/mol. The number of fused-ring (bicyclic) bond motifs is 1. The molecule has 0 radical (unpaired) electrons. The van der Waals surface area contributed by atoms with Crippen molar-refractivity contribution in [2.75, 3.05) is 0 Å². The minimum atomic E-state index is 0.372. The molecule has 0 bridgehead atoms. The van der Waals surface area contributed by atoms with Crippen molar-refractivity contribution in [3.05, 3.63) is 30.8 Å². The first-order valence-electron chi connectivity index (χ1n) is 4.57. The van der Waals surface area contributed by atoms with Crippen molar-refractivity contribution in [2.45, 2.75) is 26.2 Å². The number of ketones is 1. The highest BCUT2D eigenvalue weighted by molar-refractivity contribution is 14.1. The van der Waals surface area contributed by atoms with Gasteiger partial charge in [0.15, 0.2) is 0 Å². The van der Waals surface area contributed by atoms with Gasteiger partial charge in [0.2, 0.25) is 0 Å². The van der Waals surface area contributed by atoms with Crippen LogP contribution in [-0.2, 0) is 17.6 Å². The molecule has 0 spiro atoms. The number of rotatable bonds is 0. The zero-order chi connectivity index (χ0) is 10.3. The molecule has 0 fully saturated rings. The van der Waals surface area contributed by atoms with Gasteiger partial charge in [-0.3, -0.25) is 4.79 Å². The molecular weight excluding hydrogens is 355 g/mol. The monoisotopic (exact) mass is 364 g/mol. The largest absolute Gasteiger partial charge is 0.299 e. The summed E-state index contributed by atoms with van der Waals surface area (Å²) >= 11 is 5.89. The van der Waals surface area contributed by atoms with Gasteiger partial charge in [-0.05, 0) is 58.7 Å².